The maximum atomic E-state index is 12.8. The molecule has 2 aromatic carbocycles. The Morgan fingerprint density at radius 2 is 1.71 bits per heavy atom. The van der Waals surface area contributed by atoms with Crippen LogP contribution in [0.15, 0.2) is 65.4 Å². The molecular formula is C25H21BrClN3O5. The number of hydrogen-bond acceptors (Lipinski definition) is 5. The number of rotatable bonds is 8. The highest BCUT2D eigenvalue weighted by atomic mass is 79.9. The maximum Gasteiger partial charge on any atom is 0.407 e. The summed E-state index contributed by atoms with van der Waals surface area (Å²) in [5, 5.41) is 14.5. The first-order valence-electron chi connectivity index (χ1n) is 10.8. The van der Waals surface area contributed by atoms with Gasteiger partial charge in [0.05, 0.1) is 10.7 Å². The zero-order valence-electron chi connectivity index (χ0n) is 18.3. The van der Waals surface area contributed by atoms with Crippen LogP contribution >= 0.6 is 27.5 Å². The fourth-order valence-corrected chi connectivity index (χ4v) is 4.52. The van der Waals surface area contributed by atoms with E-state index in [1.165, 1.54) is 12.3 Å². The second-order valence-electron chi connectivity index (χ2n) is 7.94. The summed E-state index contributed by atoms with van der Waals surface area (Å²) < 4.78 is 5.84. The minimum atomic E-state index is -1.15. The number of carboxylic acids is 1. The number of aliphatic carboxylic acids is 1. The third-order valence-corrected chi connectivity index (χ3v) is 6.50. The fourth-order valence-electron chi connectivity index (χ4n) is 4.05. The third-order valence-electron chi connectivity index (χ3n) is 5.66. The van der Waals surface area contributed by atoms with E-state index in [2.05, 4.69) is 31.5 Å². The molecule has 1 aromatic heterocycles. The third kappa shape index (κ3) is 5.80. The molecule has 1 aliphatic rings. The van der Waals surface area contributed by atoms with Crippen molar-refractivity contribution in [1.82, 2.24) is 10.3 Å². The highest BCUT2D eigenvalue weighted by Crippen LogP contribution is 2.44. The van der Waals surface area contributed by atoms with Gasteiger partial charge in [-0.1, -0.05) is 60.1 Å². The van der Waals surface area contributed by atoms with Gasteiger partial charge in [0.1, 0.15) is 17.3 Å². The first kappa shape index (κ1) is 24.7. The van der Waals surface area contributed by atoms with Crippen molar-refractivity contribution in [3.05, 3.63) is 81.5 Å². The largest absolute Gasteiger partial charge is 0.481 e. The lowest BCUT2D eigenvalue weighted by Gasteiger charge is -2.19. The second kappa shape index (κ2) is 10.9. The summed E-state index contributed by atoms with van der Waals surface area (Å²) in [5.74, 6) is -1.86. The van der Waals surface area contributed by atoms with E-state index in [0.29, 0.717) is 9.63 Å². The Hall–Kier alpha value is -3.43. The lowest BCUT2D eigenvalue weighted by atomic mass is 9.98. The maximum absolute atomic E-state index is 12.8. The zero-order chi connectivity index (χ0) is 24.9. The van der Waals surface area contributed by atoms with Crippen molar-refractivity contribution in [2.75, 3.05) is 11.9 Å². The molecule has 0 radical (unpaired) electrons. The van der Waals surface area contributed by atoms with Crippen LogP contribution in [-0.4, -0.2) is 40.7 Å². The van der Waals surface area contributed by atoms with Gasteiger partial charge in [-0.2, -0.15) is 0 Å². The van der Waals surface area contributed by atoms with Gasteiger partial charge < -0.3 is 20.5 Å². The summed E-state index contributed by atoms with van der Waals surface area (Å²) >= 11 is 9.16. The van der Waals surface area contributed by atoms with Gasteiger partial charge in [0.15, 0.2) is 0 Å². The average Bonchev–Trinajstić information content (AvgIpc) is 3.16. The molecule has 1 unspecified atom stereocenters. The number of nitrogens with zero attached hydrogens (tertiary/aromatic N) is 1. The molecule has 4 rings (SSSR count). The minimum absolute atomic E-state index is 0.0664. The molecule has 1 heterocycles. The van der Waals surface area contributed by atoms with Gasteiger partial charge in [-0.3, -0.25) is 9.59 Å². The van der Waals surface area contributed by atoms with Crippen LogP contribution in [-0.2, 0) is 14.3 Å². The van der Waals surface area contributed by atoms with Crippen LogP contribution in [0.1, 0.15) is 29.9 Å². The van der Waals surface area contributed by atoms with Crippen molar-refractivity contribution in [2.24, 2.45) is 0 Å². The smallest absolute Gasteiger partial charge is 0.407 e. The summed E-state index contributed by atoms with van der Waals surface area (Å²) in [5.41, 5.74) is 4.59. The van der Waals surface area contributed by atoms with Crippen LogP contribution in [0.5, 0.6) is 0 Å². The zero-order valence-corrected chi connectivity index (χ0v) is 20.7. The van der Waals surface area contributed by atoms with Gasteiger partial charge in [-0.25, -0.2) is 9.78 Å². The molecule has 3 N–H and O–H groups in total. The number of hydrogen-bond donors (Lipinski definition) is 3. The summed E-state index contributed by atoms with van der Waals surface area (Å²) in [6.07, 6.45) is 0.131. The number of carbonyl (C=O) groups is 3. The van der Waals surface area contributed by atoms with Gasteiger partial charge >= 0.3 is 12.1 Å². The molecular weight excluding hydrogens is 538 g/mol. The SMILES string of the molecule is O=C(O)CCC(NC(=O)OCC1c2ccccc2-c2ccccc21)C(=O)Nc1cc(Cl)cnc1Br. The van der Waals surface area contributed by atoms with Crippen molar-refractivity contribution in [2.45, 2.75) is 24.8 Å². The number of carboxylic acid groups (broad SMARTS) is 1. The lowest BCUT2D eigenvalue weighted by molar-refractivity contribution is -0.137. The molecule has 180 valence electrons. The standard InChI is InChI=1S/C25H21BrClN3O5/c26-23-21(11-14(27)12-28-23)29-24(33)20(9-10-22(31)32)30-25(34)35-13-19-17-7-3-1-5-15(17)16-6-2-4-8-18(16)19/h1-8,11-12,19-20H,9-10,13H2,(H,29,33)(H,30,34)(H,31,32). The molecule has 0 saturated heterocycles. The number of halogens is 2. The number of benzene rings is 2. The Balaban J connectivity index is 1.44. The quantitative estimate of drug-likeness (QED) is 0.327. The van der Waals surface area contributed by atoms with Crippen LogP contribution in [0.4, 0.5) is 10.5 Å². The molecule has 0 fully saturated rings. The average molecular weight is 559 g/mol. The minimum Gasteiger partial charge on any atom is -0.481 e. The van der Waals surface area contributed by atoms with Crippen molar-refractivity contribution < 1.29 is 24.2 Å². The molecule has 0 bridgehead atoms. The Labute approximate surface area is 214 Å². The van der Waals surface area contributed by atoms with Crippen molar-refractivity contribution >= 4 is 51.2 Å². The van der Waals surface area contributed by atoms with E-state index < -0.39 is 24.0 Å². The normalized spacial score (nSPS) is 12.9. The molecule has 0 aliphatic heterocycles. The molecule has 3 aromatic rings. The van der Waals surface area contributed by atoms with E-state index in [1.54, 1.807) is 0 Å². The highest BCUT2D eigenvalue weighted by Gasteiger charge is 2.30. The highest BCUT2D eigenvalue weighted by molar-refractivity contribution is 9.10. The van der Waals surface area contributed by atoms with Crippen LogP contribution in [0, 0.1) is 0 Å². The molecule has 10 heteroatoms. The second-order valence-corrected chi connectivity index (χ2v) is 9.12. The van der Waals surface area contributed by atoms with Crippen molar-refractivity contribution in [3.63, 3.8) is 0 Å². The van der Waals surface area contributed by atoms with Crippen molar-refractivity contribution in [1.29, 1.82) is 0 Å². The summed E-state index contributed by atoms with van der Waals surface area (Å²) in [6.45, 7) is 0.0664. The number of aromatic nitrogens is 1. The van der Waals surface area contributed by atoms with E-state index in [4.69, 9.17) is 21.4 Å². The summed E-state index contributed by atoms with van der Waals surface area (Å²) in [7, 11) is 0. The Morgan fingerprint density at radius 1 is 1.09 bits per heavy atom. The number of anilines is 1. The fraction of sp³-hybridized carbons (Fsp3) is 0.200. The molecule has 0 spiro atoms. The van der Waals surface area contributed by atoms with Gasteiger partial charge in [0, 0.05) is 18.5 Å². The Morgan fingerprint density at radius 3 is 2.34 bits per heavy atom. The first-order chi connectivity index (χ1) is 16.8. The van der Waals surface area contributed by atoms with E-state index in [-0.39, 0.29) is 31.1 Å². The van der Waals surface area contributed by atoms with Crippen LogP contribution in [0.3, 0.4) is 0 Å². The van der Waals surface area contributed by atoms with Crippen molar-refractivity contribution in [3.8, 4) is 11.1 Å². The van der Waals surface area contributed by atoms with E-state index in [0.717, 1.165) is 22.3 Å². The van der Waals surface area contributed by atoms with Gasteiger partial charge in [0.2, 0.25) is 5.91 Å². The van der Waals surface area contributed by atoms with E-state index in [1.807, 2.05) is 48.5 Å². The Bertz CT molecular complexity index is 1240. The number of ether oxygens (including phenoxy) is 1. The number of fused-ring (bicyclic) bond motifs is 3. The molecule has 1 aliphatic carbocycles. The monoisotopic (exact) mass is 557 g/mol. The number of carbonyl (C=O) groups excluding carboxylic acids is 2. The number of pyridine rings is 1. The predicted octanol–water partition coefficient (Wildman–Crippen LogP) is 5.21. The number of nitrogens with one attached hydrogen (secondary N) is 2. The van der Waals surface area contributed by atoms with E-state index >= 15 is 0 Å². The van der Waals surface area contributed by atoms with Crippen LogP contribution in [0.2, 0.25) is 5.02 Å². The number of alkyl carbamates (subject to hydrolysis) is 1. The molecule has 1 atom stereocenters. The molecule has 35 heavy (non-hydrogen) atoms. The molecule has 0 saturated carbocycles. The summed E-state index contributed by atoms with van der Waals surface area (Å²) in [4.78, 5) is 40.6. The van der Waals surface area contributed by atoms with E-state index in [9.17, 15) is 14.4 Å². The molecule has 8 nitrogen and oxygen atoms in total. The number of amides is 2. The summed E-state index contributed by atoms with van der Waals surface area (Å²) in [6, 6.07) is 16.2. The first-order valence-corrected chi connectivity index (χ1v) is 12.0. The van der Waals surface area contributed by atoms with Gasteiger partial charge in [-0.05, 0) is 50.7 Å². The van der Waals surface area contributed by atoms with Gasteiger partial charge in [-0.15, -0.1) is 0 Å². The lowest BCUT2D eigenvalue weighted by Crippen LogP contribution is -2.44. The predicted molar refractivity (Wildman–Crippen MR) is 134 cm³/mol. The topological polar surface area (TPSA) is 118 Å². The van der Waals surface area contributed by atoms with Crippen LogP contribution in [0.25, 0.3) is 11.1 Å². The van der Waals surface area contributed by atoms with Crippen LogP contribution < -0.4 is 10.6 Å². The Kier molecular flexibility index (Phi) is 7.67. The van der Waals surface area contributed by atoms with Gasteiger partial charge in [0.25, 0.3) is 0 Å². The molecule has 2 amide bonds.